The van der Waals surface area contributed by atoms with Crippen molar-refractivity contribution in [2.75, 3.05) is 38.1 Å². The first-order chi connectivity index (χ1) is 8.36. The third kappa shape index (κ3) is 6.15. The molecule has 17 heavy (non-hydrogen) atoms. The van der Waals surface area contributed by atoms with E-state index in [0.29, 0.717) is 12.5 Å². The van der Waals surface area contributed by atoms with Gasteiger partial charge in [0.2, 0.25) is 5.95 Å². The second kappa shape index (κ2) is 8.86. The predicted octanol–water partition coefficient (Wildman–Crippen LogP) is -0.420. The Labute approximate surface area is 102 Å². The molecule has 6 heteroatoms. The van der Waals surface area contributed by atoms with Gasteiger partial charge < -0.3 is 21.1 Å². The number of aliphatic hydroxyl groups excluding tert-OH is 1. The van der Waals surface area contributed by atoms with Gasteiger partial charge in [-0.25, -0.2) is 9.97 Å². The second-order valence-corrected chi connectivity index (χ2v) is 3.60. The van der Waals surface area contributed by atoms with Crippen molar-refractivity contribution in [2.24, 2.45) is 0 Å². The smallest absolute Gasteiger partial charge is 0.222 e. The van der Waals surface area contributed by atoms with Crippen LogP contribution < -0.4 is 16.0 Å². The summed E-state index contributed by atoms with van der Waals surface area (Å²) >= 11 is 0. The largest absolute Gasteiger partial charge is 0.395 e. The fraction of sp³-hybridized carbons (Fsp3) is 0.636. The van der Waals surface area contributed by atoms with Crippen LogP contribution in [0.25, 0.3) is 0 Å². The molecule has 0 radical (unpaired) electrons. The maximum absolute atomic E-state index is 8.57. The lowest BCUT2D eigenvalue weighted by Crippen LogP contribution is -2.28. The molecule has 0 fully saturated rings. The maximum atomic E-state index is 8.57. The van der Waals surface area contributed by atoms with Gasteiger partial charge in [-0.15, -0.1) is 0 Å². The van der Waals surface area contributed by atoms with E-state index in [1.807, 2.05) is 19.3 Å². The number of anilines is 1. The van der Waals surface area contributed by atoms with E-state index in [4.69, 9.17) is 5.11 Å². The normalized spacial score (nSPS) is 10.5. The van der Waals surface area contributed by atoms with E-state index in [-0.39, 0.29) is 6.61 Å². The molecule has 0 bridgehead atoms. The van der Waals surface area contributed by atoms with Crippen molar-refractivity contribution in [3.63, 3.8) is 0 Å². The number of nitrogens with zero attached hydrogens (tertiary/aromatic N) is 2. The Bertz CT molecular complexity index is 290. The molecule has 0 atom stereocenters. The molecule has 6 nitrogen and oxygen atoms in total. The summed E-state index contributed by atoms with van der Waals surface area (Å²) in [6, 6.07) is 0. The van der Waals surface area contributed by atoms with Gasteiger partial charge in [-0.1, -0.05) is 0 Å². The van der Waals surface area contributed by atoms with Gasteiger partial charge >= 0.3 is 0 Å². The van der Waals surface area contributed by atoms with Crippen LogP contribution in [-0.2, 0) is 6.54 Å². The van der Waals surface area contributed by atoms with Crippen molar-refractivity contribution in [3.8, 4) is 0 Å². The minimum atomic E-state index is 0.180. The summed E-state index contributed by atoms with van der Waals surface area (Å²) in [7, 11) is 0. The fourth-order valence-corrected chi connectivity index (χ4v) is 1.31. The Morgan fingerprint density at radius 1 is 1.12 bits per heavy atom. The predicted molar refractivity (Wildman–Crippen MR) is 67.9 cm³/mol. The van der Waals surface area contributed by atoms with Crippen molar-refractivity contribution >= 4 is 5.95 Å². The Morgan fingerprint density at radius 3 is 2.47 bits per heavy atom. The van der Waals surface area contributed by atoms with Crippen molar-refractivity contribution in [2.45, 2.75) is 13.5 Å². The first kappa shape index (κ1) is 13.8. The lowest BCUT2D eigenvalue weighted by atomic mass is 10.3. The molecule has 0 aromatic carbocycles. The highest BCUT2D eigenvalue weighted by Crippen LogP contribution is 1.99. The number of hydrogen-bond donors (Lipinski definition) is 4. The lowest BCUT2D eigenvalue weighted by molar-refractivity contribution is 0.292. The van der Waals surface area contributed by atoms with Gasteiger partial charge in [0.25, 0.3) is 0 Å². The van der Waals surface area contributed by atoms with Crippen LogP contribution in [0.2, 0.25) is 0 Å². The summed E-state index contributed by atoms with van der Waals surface area (Å²) < 4.78 is 0. The van der Waals surface area contributed by atoms with E-state index in [2.05, 4.69) is 25.9 Å². The van der Waals surface area contributed by atoms with Crippen LogP contribution in [-0.4, -0.2) is 47.9 Å². The van der Waals surface area contributed by atoms with Crippen molar-refractivity contribution in [1.82, 2.24) is 20.6 Å². The molecule has 1 heterocycles. The van der Waals surface area contributed by atoms with Gasteiger partial charge in [-0.2, -0.15) is 0 Å². The third-order valence-electron chi connectivity index (χ3n) is 2.14. The topological polar surface area (TPSA) is 82.1 Å². The number of hydrogen-bond acceptors (Lipinski definition) is 6. The summed E-state index contributed by atoms with van der Waals surface area (Å²) in [6.07, 6.45) is 3.64. The zero-order chi connectivity index (χ0) is 12.3. The SMILES string of the molecule is CCNc1ncc(CNCCNCCO)cn1. The van der Waals surface area contributed by atoms with Crippen LogP contribution in [0.3, 0.4) is 0 Å². The molecule has 0 aliphatic carbocycles. The van der Waals surface area contributed by atoms with E-state index in [0.717, 1.165) is 31.7 Å². The van der Waals surface area contributed by atoms with Gasteiger partial charge in [0.05, 0.1) is 6.61 Å². The van der Waals surface area contributed by atoms with Gasteiger partial charge in [-0.05, 0) is 6.92 Å². The van der Waals surface area contributed by atoms with Crippen molar-refractivity contribution < 1.29 is 5.11 Å². The highest BCUT2D eigenvalue weighted by molar-refractivity contribution is 5.24. The van der Waals surface area contributed by atoms with Gasteiger partial charge in [0.1, 0.15) is 0 Å². The molecule has 0 unspecified atom stereocenters. The standard InChI is InChI=1S/C11H21N5O/c1-2-14-11-15-8-10(9-16-11)7-13-4-3-12-5-6-17/h8-9,12-13,17H,2-7H2,1H3,(H,14,15,16). The van der Waals surface area contributed by atoms with Gasteiger partial charge in [0, 0.05) is 50.7 Å². The molecular formula is C11H21N5O. The number of aliphatic hydroxyl groups is 1. The lowest BCUT2D eigenvalue weighted by Gasteiger charge is -2.06. The molecule has 0 aliphatic heterocycles. The quantitative estimate of drug-likeness (QED) is 0.438. The summed E-state index contributed by atoms with van der Waals surface area (Å²) in [5.74, 6) is 0.667. The molecule has 96 valence electrons. The molecule has 0 saturated carbocycles. The summed E-state index contributed by atoms with van der Waals surface area (Å²) in [4.78, 5) is 8.37. The average Bonchev–Trinajstić information content (AvgIpc) is 2.36. The molecule has 0 spiro atoms. The molecule has 1 aromatic heterocycles. The Hall–Kier alpha value is -1.24. The summed E-state index contributed by atoms with van der Waals surface area (Å²) in [5, 5.41) is 18.0. The Morgan fingerprint density at radius 2 is 1.82 bits per heavy atom. The highest BCUT2D eigenvalue weighted by atomic mass is 16.3. The first-order valence-corrected chi connectivity index (χ1v) is 5.94. The molecule has 4 N–H and O–H groups in total. The Balaban J connectivity index is 2.14. The molecule has 0 saturated heterocycles. The van der Waals surface area contributed by atoms with E-state index < -0.39 is 0 Å². The summed E-state index contributed by atoms with van der Waals surface area (Å²) in [5.41, 5.74) is 1.06. The molecule has 0 aliphatic rings. The van der Waals surface area contributed by atoms with Crippen molar-refractivity contribution in [1.29, 1.82) is 0 Å². The summed E-state index contributed by atoms with van der Waals surface area (Å²) in [6.45, 7) is 6.12. The van der Waals surface area contributed by atoms with Gasteiger partial charge in [-0.3, -0.25) is 0 Å². The fourth-order valence-electron chi connectivity index (χ4n) is 1.31. The second-order valence-electron chi connectivity index (χ2n) is 3.60. The number of rotatable bonds is 9. The third-order valence-corrected chi connectivity index (χ3v) is 2.14. The Kier molecular flexibility index (Phi) is 7.20. The zero-order valence-electron chi connectivity index (χ0n) is 10.2. The average molecular weight is 239 g/mol. The van der Waals surface area contributed by atoms with Crippen LogP contribution in [0.15, 0.2) is 12.4 Å². The molecular weight excluding hydrogens is 218 g/mol. The molecule has 1 aromatic rings. The maximum Gasteiger partial charge on any atom is 0.222 e. The first-order valence-electron chi connectivity index (χ1n) is 5.94. The minimum absolute atomic E-state index is 0.180. The van der Waals surface area contributed by atoms with E-state index >= 15 is 0 Å². The number of nitrogens with one attached hydrogen (secondary N) is 3. The molecule has 0 amide bonds. The monoisotopic (exact) mass is 239 g/mol. The number of aromatic nitrogens is 2. The highest BCUT2D eigenvalue weighted by Gasteiger charge is 1.96. The van der Waals surface area contributed by atoms with E-state index in [9.17, 15) is 0 Å². The van der Waals surface area contributed by atoms with Crippen LogP contribution in [0.4, 0.5) is 5.95 Å². The zero-order valence-corrected chi connectivity index (χ0v) is 10.2. The van der Waals surface area contributed by atoms with Crippen LogP contribution in [0.1, 0.15) is 12.5 Å². The molecule has 1 rings (SSSR count). The van der Waals surface area contributed by atoms with E-state index in [1.54, 1.807) is 0 Å². The minimum Gasteiger partial charge on any atom is -0.395 e. The van der Waals surface area contributed by atoms with E-state index in [1.165, 1.54) is 0 Å². The van der Waals surface area contributed by atoms with Crippen LogP contribution >= 0.6 is 0 Å². The van der Waals surface area contributed by atoms with Gasteiger partial charge in [0.15, 0.2) is 0 Å². The van der Waals surface area contributed by atoms with Crippen molar-refractivity contribution in [3.05, 3.63) is 18.0 Å². The van der Waals surface area contributed by atoms with Crippen LogP contribution in [0, 0.1) is 0 Å². The van der Waals surface area contributed by atoms with Crippen LogP contribution in [0.5, 0.6) is 0 Å².